The van der Waals surface area contributed by atoms with Gasteiger partial charge in [0, 0.05) is 44.0 Å². The average Bonchev–Trinajstić information content (AvgIpc) is 3.16. The van der Waals surface area contributed by atoms with Crippen molar-refractivity contribution in [1.29, 1.82) is 0 Å². The number of anilines is 2. The van der Waals surface area contributed by atoms with Gasteiger partial charge < -0.3 is 15.5 Å². The van der Waals surface area contributed by atoms with Gasteiger partial charge in [0.2, 0.25) is 5.91 Å². The minimum Gasteiger partial charge on any atom is -0.385 e. The maximum Gasteiger partial charge on any atom is 0.222 e. The van der Waals surface area contributed by atoms with Crippen molar-refractivity contribution < 1.29 is 4.79 Å². The Morgan fingerprint density at radius 3 is 2.38 bits per heavy atom. The minimum atomic E-state index is 0.0695. The van der Waals surface area contributed by atoms with Crippen LogP contribution in [-0.2, 0) is 11.3 Å². The number of amides is 1. The van der Waals surface area contributed by atoms with Crippen molar-refractivity contribution in [1.82, 2.24) is 5.32 Å². The summed E-state index contributed by atoms with van der Waals surface area (Å²) in [5.74, 6) is 0.0695. The van der Waals surface area contributed by atoms with E-state index in [1.165, 1.54) is 18.5 Å². The van der Waals surface area contributed by atoms with Gasteiger partial charge in [-0.05, 0) is 42.7 Å². The number of carbonyl (C=O) groups is 1. The molecule has 0 aliphatic carbocycles. The molecule has 2 aromatic rings. The van der Waals surface area contributed by atoms with Crippen molar-refractivity contribution in [2.24, 2.45) is 0 Å². The van der Waals surface area contributed by atoms with Crippen LogP contribution in [0.3, 0.4) is 0 Å². The van der Waals surface area contributed by atoms with Crippen LogP contribution in [0, 0.1) is 0 Å². The summed E-state index contributed by atoms with van der Waals surface area (Å²) in [5.41, 5.74) is 3.48. The standard InChI is InChI=1S/C20H25N3O/c24-20(22-16-17-6-2-1-3-7-17)12-13-21-18-8-10-19(11-9-18)23-14-4-5-15-23/h1-3,6-11,21H,4-5,12-16H2,(H,22,24). The van der Waals surface area contributed by atoms with Crippen LogP contribution in [0.1, 0.15) is 24.8 Å². The highest BCUT2D eigenvalue weighted by atomic mass is 16.1. The second-order valence-electron chi connectivity index (χ2n) is 6.18. The molecule has 0 unspecified atom stereocenters. The first kappa shape index (κ1) is 16.4. The lowest BCUT2D eigenvalue weighted by atomic mass is 10.2. The number of hydrogen-bond donors (Lipinski definition) is 2. The van der Waals surface area contributed by atoms with Crippen LogP contribution in [0.25, 0.3) is 0 Å². The molecule has 1 aliphatic rings. The SMILES string of the molecule is O=C(CCNc1ccc(N2CCCC2)cc1)NCc1ccccc1. The van der Waals surface area contributed by atoms with E-state index in [-0.39, 0.29) is 5.91 Å². The van der Waals surface area contributed by atoms with Crippen molar-refractivity contribution >= 4 is 17.3 Å². The van der Waals surface area contributed by atoms with Gasteiger partial charge in [0.25, 0.3) is 0 Å². The van der Waals surface area contributed by atoms with E-state index in [9.17, 15) is 4.79 Å². The smallest absolute Gasteiger partial charge is 0.222 e. The molecule has 0 saturated carbocycles. The van der Waals surface area contributed by atoms with Crippen molar-refractivity contribution in [3.05, 3.63) is 60.2 Å². The van der Waals surface area contributed by atoms with Crippen molar-refractivity contribution in [3.8, 4) is 0 Å². The van der Waals surface area contributed by atoms with Gasteiger partial charge in [0.15, 0.2) is 0 Å². The maximum absolute atomic E-state index is 11.9. The molecule has 0 aromatic heterocycles. The Hall–Kier alpha value is -2.49. The van der Waals surface area contributed by atoms with E-state index in [0.717, 1.165) is 24.3 Å². The molecule has 1 amide bonds. The van der Waals surface area contributed by atoms with E-state index in [1.807, 2.05) is 30.3 Å². The first-order valence-corrected chi connectivity index (χ1v) is 8.71. The summed E-state index contributed by atoms with van der Waals surface area (Å²) in [6, 6.07) is 18.5. The van der Waals surface area contributed by atoms with Gasteiger partial charge in [0.1, 0.15) is 0 Å². The molecule has 1 aliphatic heterocycles. The Labute approximate surface area is 143 Å². The number of nitrogens with one attached hydrogen (secondary N) is 2. The molecule has 0 spiro atoms. The number of carbonyl (C=O) groups excluding carboxylic acids is 1. The van der Waals surface area contributed by atoms with Crippen molar-refractivity contribution in [2.75, 3.05) is 29.9 Å². The summed E-state index contributed by atoms with van der Waals surface area (Å²) in [6.45, 7) is 3.55. The Bertz CT molecular complexity index is 634. The largest absolute Gasteiger partial charge is 0.385 e. The Kier molecular flexibility index (Phi) is 5.72. The van der Waals surface area contributed by atoms with Crippen LogP contribution >= 0.6 is 0 Å². The fraction of sp³-hybridized carbons (Fsp3) is 0.350. The van der Waals surface area contributed by atoms with Crippen LogP contribution in [0.15, 0.2) is 54.6 Å². The molecule has 4 nitrogen and oxygen atoms in total. The van der Waals surface area contributed by atoms with Gasteiger partial charge in [-0.15, -0.1) is 0 Å². The lowest BCUT2D eigenvalue weighted by Crippen LogP contribution is -2.24. The lowest BCUT2D eigenvalue weighted by Gasteiger charge is -2.18. The molecule has 3 rings (SSSR count). The molecular weight excluding hydrogens is 298 g/mol. The summed E-state index contributed by atoms with van der Waals surface area (Å²) in [5, 5.41) is 6.26. The normalized spacial score (nSPS) is 13.8. The molecule has 2 N–H and O–H groups in total. The van der Waals surface area contributed by atoms with Crippen LogP contribution in [0.2, 0.25) is 0 Å². The van der Waals surface area contributed by atoms with Crippen LogP contribution < -0.4 is 15.5 Å². The van der Waals surface area contributed by atoms with Crippen LogP contribution in [0.4, 0.5) is 11.4 Å². The van der Waals surface area contributed by atoms with Gasteiger partial charge in [-0.3, -0.25) is 4.79 Å². The number of rotatable bonds is 7. The highest BCUT2D eigenvalue weighted by Gasteiger charge is 2.11. The Balaban J connectivity index is 1.37. The summed E-state index contributed by atoms with van der Waals surface area (Å²) in [7, 11) is 0. The van der Waals surface area contributed by atoms with Crippen molar-refractivity contribution in [2.45, 2.75) is 25.8 Å². The van der Waals surface area contributed by atoms with Gasteiger partial charge in [-0.1, -0.05) is 30.3 Å². The molecule has 2 aromatic carbocycles. The fourth-order valence-corrected chi connectivity index (χ4v) is 2.97. The highest BCUT2D eigenvalue weighted by molar-refractivity contribution is 5.76. The molecule has 4 heteroatoms. The maximum atomic E-state index is 11.9. The predicted octanol–water partition coefficient (Wildman–Crippen LogP) is 3.41. The fourth-order valence-electron chi connectivity index (χ4n) is 2.97. The van der Waals surface area contributed by atoms with Crippen molar-refractivity contribution in [3.63, 3.8) is 0 Å². The van der Waals surface area contributed by atoms with E-state index in [4.69, 9.17) is 0 Å². The first-order valence-electron chi connectivity index (χ1n) is 8.71. The predicted molar refractivity (Wildman–Crippen MR) is 99.3 cm³/mol. The van der Waals surface area contributed by atoms with Gasteiger partial charge in [0.05, 0.1) is 0 Å². The molecule has 126 valence electrons. The third-order valence-corrected chi connectivity index (χ3v) is 4.35. The van der Waals surface area contributed by atoms with Gasteiger partial charge >= 0.3 is 0 Å². The van der Waals surface area contributed by atoms with Gasteiger partial charge in [-0.2, -0.15) is 0 Å². The molecular formula is C20H25N3O. The zero-order valence-electron chi connectivity index (χ0n) is 14.0. The number of nitrogens with zero attached hydrogens (tertiary/aromatic N) is 1. The number of benzene rings is 2. The van der Waals surface area contributed by atoms with Gasteiger partial charge in [-0.25, -0.2) is 0 Å². The molecule has 24 heavy (non-hydrogen) atoms. The quantitative estimate of drug-likeness (QED) is 0.821. The molecule has 1 saturated heterocycles. The lowest BCUT2D eigenvalue weighted by molar-refractivity contribution is -0.121. The van der Waals surface area contributed by atoms with Crippen LogP contribution in [-0.4, -0.2) is 25.5 Å². The van der Waals surface area contributed by atoms with E-state index in [1.54, 1.807) is 0 Å². The van der Waals surface area contributed by atoms with Crippen LogP contribution in [0.5, 0.6) is 0 Å². The molecule has 1 heterocycles. The zero-order chi connectivity index (χ0) is 16.6. The van der Waals surface area contributed by atoms with E-state index in [0.29, 0.717) is 19.5 Å². The summed E-state index contributed by atoms with van der Waals surface area (Å²) in [4.78, 5) is 14.3. The number of hydrogen-bond acceptors (Lipinski definition) is 3. The molecule has 0 radical (unpaired) electrons. The average molecular weight is 323 g/mol. The highest BCUT2D eigenvalue weighted by Crippen LogP contribution is 2.21. The monoisotopic (exact) mass is 323 g/mol. The molecule has 1 fully saturated rings. The molecule has 0 atom stereocenters. The summed E-state index contributed by atoms with van der Waals surface area (Å²) >= 11 is 0. The van der Waals surface area contributed by atoms with E-state index < -0.39 is 0 Å². The second kappa shape index (κ2) is 8.39. The minimum absolute atomic E-state index is 0.0695. The third-order valence-electron chi connectivity index (χ3n) is 4.35. The van der Waals surface area contributed by atoms with E-state index in [2.05, 4.69) is 39.8 Å². The topological polar surface area (TPSA) is 44.4 Å². The Morgan fingerprint density at radius 1 is 0.958 bits per heavy atom. The summed E-state index contributed by atoms with van der Waals surface area (Å²) < 4.78 is 0. The summed E-state index contributed by atoms with van der Waals surface area (Å²) in [6.07, 6.45) is 3.05. The molecule has 0 bridgehead atoms. The van der Waals surface area contributed by atoms with E-state index >= 15 is 0 Å². The zero-order valence-corrected chi connectivity index (χ0v) is 14.0. The Morgan fingerprint density at radius 2 is 1.67 bits per heavy atom. The third kappa shape index (κ3) is 4.75. The second-order valence-corrected chi connectivity index (χ2v) is 6.18. The first-order chi connectivity index (χ1) is 11.8.